The van der Waals surface area contributed by atoms with E-state index in [1.165, 1.54) is 24.9 Å². The largest absolute Gasteiger partial charge is 0.363 e. The Bertz CT molecular complexity index is 437. The molecule has 1 N–H and O–H groups in total. The van der Waals surface area contributed by atoms with Gasteiger partial charge in [0.2, 0.25) is 0 Å². The number of piperazine rings is 1. The highest BCUT2D eigenvalue weighted by molar-refractivity contribution is 5.45. The van der Waals surface area contributed by atoms with Gasteiger partial charge in [-0.25, -0.2) is 0 Å². The third-order valence-corrected chi connectivity index (χ3v) is 4.91. The highest BCUT2D eigenvalue weighted by Gasteiger charge is 2.45. The zero-order valence-electron chi connectivity index (χ0n) is 12.4. The minimum Gasteiger partial charge on any atom is -0.363 e. The van der Waals surface area contributed by atoms with Gasteiger partial charge in [0.05, 0.1) is 11.9 Å². The second kappa shape index (κ2) is 4.82. The Morgan fingerprint density at radius 1 is 1.42 bits per heavy atom. The highest BCUT2D eigenvalue weighted by Crippen LogP contribution is 2.42. The van der Waals surface area contributed by atoms with Crippen LogP contribution in [0.2, 0.25) is 0 Å². The molecule has 3 rings (SSSR count). The van der Waals surface area contributed by atoms with Crippen LogP contribution in [-0.4, -0.2) is 34.5 Å². The standard InChI is InChI=1S/C15H26N4/c1-4-13-8-16-15(3,12-6-7-12)11-19(13)14-9-17-18(5-2)10-14/h9-10,12-13,16H,4-8,11H2,1-3H3. The predicted molar refractivity (Wildman–Crippen MR) is 78.5 cm³/mol. The van der Waals surface area contributed by atoms with Crippen molar-refractivity contribution in [2.75, 3.05) is 18.0 Å². The summed E-state index contributed by atoms with van der Waals surface area (Å²) in [5, 5.41) is 8.25. The topological polar surface area (TPSA) is 33.1 Å². The van der Waals surface area contributed by atoms with E-state index < -0.39 is 0 Å². The second-order valence-corrected chi connectivity index (χ2v) is 6.32. The van der Waals surface area contributed by atoms with Crippen molar-refractivity contribution in [3.05, 3.63) is 12.4 Å². The maximum atomic E-state index is 4.44. The van der Waals surface area contributed by atoms with Gasteiger partial charge >= 0.3 is 0 Å². The second-order valence-electron chi connectivity index (χ2n) is 6.32. The van der Waals surface area contributed by atoms with Gasteiger partial charge in [-0.3, -0.25) is 4.68 Å². The summed E-state index contributed by atoms with van der Waals surface area (Å²) in [7, 11) is 0. The Balaban J connectivity index is 1.82. The fourth-order valence-electron chi connectivity index (χ4n) is 3.33. The molecule has 1 aromatic rings. The number of aryl methyl sites for hydroxylation is 1. The average Bonchev–Trinajstić information content (AvgIpc) is 3.18. The molecule has 19 heavy (non-hydrogen) atoms. The quantitative estimate of drug-likeness (QED) is 0.903. The first kappa shape index (κ1) is 13.0. The molecule has 1 aliphatic carbocycles. The molecule has 4 heteroatoms. The van der Waals surface area contributed by atoms with Crippen LogP contribution in [-0.2, 0) is 6.54 Å². The molecule has 0 radical (unpaired) electrons. The summed E-state index contributed by atoms with van der Waals surface area (Å²) in [4.78, 5) is 2.58. The number of hydrogen-bond acceptors (Lipinski definition) is 3. The van der Waals surface area contributed by atoms with E-state index in [-0.39, 0.29) is 0 Å². The van der Waals surface area contributed by atoms with E-state index in [2.05, 4.69) is 42.3 Å². The third kappa shape index (κ3) is 2.38. The molecule has 1 aromatic heterocycles. The molecule has 0 aromatic carbocycles. The van der Waals surface area contributed by atoms with Gasteiger partial charge in [0.1, 0.15) is 0 Å². The van der Waals surface area contributed by atoms with Crippen LogP contribution in [0.1, 0.15) is 40.0 Å². The molecular weight excluding hydrogens is 236 g/mol. The van der Waals surface area contributed by atoms with Crippen LogP contribution in [0.3, 0.4) is 0 Å². The summed E-state index contributed by atoms with van der Waals surface area (Å²) < 4.78 is 2.03. The molecule has 2 aliphatic rings. The summed E-state index contributed by atoms with van der Waals surface area (Å²) in [5.41, 5.74) is 1.59. The number of nitrogens with zero attached hydrogens (tertiary/aromatic N) is 3. The van der Waals surface area contributed by atoms with E-state index in [0.29, 0.717) is 11.6 Å². The average molecular weight is 262 g/mol. The number of hydrogen-bond donors (Lipinski definition) is 1. The van der Waals surface area contributed by atoms with Gasteiger partial charge in [0.15, 0.2) is 0 Å². The van der Waals surface area contributed by atoms with Crippen molar-refractivity contribution in [3.8, 4) is 0 Å². The van der Waals surface area contributed by atoms with Crippen LogP contribution >= 0.6 is 0 Å². The molecule has 2 unspecified atom stereocenters. The monoisotopic (exact) mass is 262 g/mol. The molecule has 1 aliphatic heterocycles. The highest BCUT2D eigenvalue weighted by atomic mass is 15.3. The molecular formula is C15H26N4. The molecule has 2 heterocycles. The first-order valence-electron chi connectivity index (χ1n) is 7.70. The van der Waals surface area contributed by atoms with Crippen molar-refractivity contribution >= 4 is 5.69 Å². The number of nitrogens with one attached hydrogen (secondary N) is 1. The van der Waals surface area contributed by atoms with E-state index in [4.69, 9.17) is 0 Å². The predicted octanol–water partition coefficient (Wildman–Crippen LogP) is 2.26. The molecule has 4 nitrogen and oxygen atoms in total. The summed E-state index contributed by atoms with van der Waals surface area (Å²) in [6.07, 6.45) is 8.20. The van der Waals surface area contributed by atoms with Crippen LogP contribution in [0.25, 0.3) is 0 Å². The Kier molecular flexibility index (Phi) is 3.29. The Labute approximate surface area is 116 Å². The molecule has 1 saturated carbocycles. The van der Waals surface area contributed by atoms with Crippen molar-refractivity contribution < 1.29 is 0 Å². The van der Waals surface area contributed by atoms with Crippen molar-refractivity contribution in [1.82, 2.24) is 15.1 Å². The van der Waals surface area contributed by atoms with Gasteiger partial charge in [0.25, 0.3) is 0 Å². The third-order valence-electron chi connectivity index (χ3n) is 4.91. The molecule has 2 atom stereocenters. The van der Waals surface area contributed by atoms with E-state index in [1.807, 2.05) is 10.9 Å². The molecule has 0 bridgehead atoms. The SMILES string of the molecule is CCC1CNC(C)(C2CC2)CN1c1cnn(CC)c1. The zero-order valence-corrected chi connectivity index (χ0v) is 12.4. The van der Waals surface area contributed by atoms with Crippen LogP contribution in [0.4, 0.5) is 5.69 Å². The van der Waals surface area contributed by atoms with Crippen molar-refractivity contribution in [1.29, 1.82) is 0 Å². The van der Waals surface area contributed by atoms with Crippen molar-refractivity contribution in [3.63, 3.8) is 0 Å². The lowest BCUT2D eigenvalue weighted by Crippen LogP contribution is -2.64. The van der Waals surface area contributed by atoms with E-state index in [9.17, 15) is 0 Å². The lowest BCUT2D eigenvalue weighted by molar-refractivity contribution is 0.252. The van der Waals surface area contributed by atoms with Gasteiger partial charge in [-0.1, -0.05) is 6.92 Å². The number of aromatic nitrogens is 2. The first-order chi connectivity index (χ1) is 9.16. The summed E-state index contributed by atoms with van der Waals surface area (Å²) in [6, 6.07) is 0.598. The van der Waals surface area contributed by atoms with Crippen molar-refractivity contribution in [2.24, 2.45) is 5.92 Å². The lowest BCUT2D eigenvalue weighted by Gasteiger charge is -2.47. The smallest absolute Gasteiger partial charge is 0.0756 e. The zero-order chi connectivity index (χ0) is 13.5. The minimum absolute atomic E-state index is 0.292. The van der Waals surface area contributed by atoms with E-state index in [0.717, 1.165) is 25.6 Å². The first-order valence-corrected chi connectivity index (χ1v) is 7.70. The lowest BCUT2D eigenvalue weighted by atomic mass is 9.90. The van der Waals surface area contributed by atoms with Gasteiger partial charge in [0, 0.05) is 37.4 Å². The fourth-order valence-corrected chi connectivity index (χ4v) is 3.33. The fraction of sp³-hybridized carbons (Fsp3) is 0.800. The molecule has 106 valence electrons. The normalized spacial score (nSPS) is 31.7. The van der Waals surface area contributed by atoms with Gasteiger partial charge in [-0.05, 0) is 39.0 Å². The summed E-state index contributed by atoms with van der Waals surface area (Å²) in [5.74, 6) is 0.869. The molecule has 0 spiro atoms. The minimum atomic E-state index is 0.292. The Hall–Kier alpha value is -1.03. The molecule has 2 fully saturated rings. The maximum Gasteiger partial charge on any atom is 0.0756 e. The number of rotatable bonds is 4. The van der Waals surface area contributed by atoms with Crippen LogP contribution in [0.5, 0.6) is 0 Å². The summed E-state index contributed by atoms with van der Waals surface area (Å²) in [6.45, 7) is 9.98. The van der Waals surface area contributed by atoms with Gasteiger partial charge < -0.3 is 10.2 Å². The van der Waals surface area contributed by atoms with E-state index >= 15 is 0 Å². The summed E-state index contributed by atoms with van der Waals surface area (Å²) >= 11 is 0. The van der Waals surface area contributed by atoms with Crippen molar-refractivity contribution in [2.45, 2.75) is 58.2 Å². The Morgan fingerprint density at radius 3 is 2.79 bits per heavy atom. The van der Waals surface area contributed by atoms with Crippen LogP contribution < -0.4 is 10.2 Å². The Morgan fingerprint density at radius 2 is 2.21 bits per heavy atom. The maximum absolute atomic E-state index is 4.44. The van der Waals surface area contributed by atoms with Crippen LogP contribution in [0, 0.1) is 5.92 Å². The van der Waals surface area contributed by atoms with E-state index in [1.54, 1.807) is 0 Å². The molecule has 1 saturated heterocycles. The van der Waals surface area contributed by atoms with Gasteiger partial charge in [-0.2, -0.15) is 5.10 Å². The van der Waals surface area contributed by atoms with Crippen LogP contribution in [0.15, 0.2) is 12.4 Å². The number of anilines is 1. The molecule has 0 amide bonds. The van der Waals surface area contributed by atoms with Gasteiger partial charge in [-0.15, -0.1) is 0 Å².